The Morgan fingerprint density at radius 3 is 3.00 bits per heavy atom. The van der Waals surface area contributed by atoms with Gasteiger partial charge in [-0.2, -0.15) is 5.10 Å². The summed E-state index contributed by atoms with van der Waals surface area (Å²) >= 11 is 1.49. The van der Waals surface area contributed by atoms with Crippen LogP contribution >= 0.6 is 11.3 Å². The van der Waals surface area contributed by atoms with Gasteiger partial charge in [0.05, 0.1) is 22.5 Å². The number of nitrogens with two attached hydrogens (primary N) is 1. The maximum Gasteiger partial charge on any atom is 0.268 e. The highest BCUT2D eigenvalue weighted by Crippen LogP contribution is 2.42. The predicted molar refractivity (Wildman–Crippen MR) is 98.1 cm³/mol. The lowest BCUT2D eigenvalue weighted by Gasteiger charge is -2.19. The van der Waals surface area contributed by atoms with Crippen molar-refractivity contribution < 1.29 is 4.79 Å². The molecule has 7 nitrogen and oxygen atoms in total. The average Bonchev–Trinajstić information content (AvgIpc) is 3.01. The third-order valence-electron chi connectivity index (χ3n) is 4.16. The summed E-state index contributed by atoms with van der Waals surface area (Å²) in [5, 5.41) is 5.22. The topological polar surface area (TPSA) is 92.8 Å². The second kappa shape index (κ2) is 6.36. The lowest BCUT2D eigenvalue weighted by molar-refractivity contribution is 0.0997. The zero-order valence-electron chi connectivity index (χ0n) is 14.0. The summed E-state index contributed by atoms with van der Waals surface area (Å²) in [6, 6.07) is 4.22. The zero-order valence-corrected chi connectivity index (χ0v) is 14.8. The first kappa shape index (κ1) is 15.9. The van der Waals surface area contributed by atoms with E-state index in [-0.39, 0.29) is 0 Å². The van der Waals surface area contributed by atoms with Crippen molar-refractivity contribution in [3.05, 3.63) is 36.4 Å². The van der Waals surface area contributed by atoms with Crippen molar-refractivity contribution >= 4 is 28.1 Å². The quantitative estimate of drug-likeness (QED) is 0.680. The van der Waals surface area contributed by atoms with Crippen LogP contribution < -0.4 is 10.6 Å². The fourth-order valence-corrected chi connectivity index (χ4v) is 4.02. The SMILES string of the molecule is CCCn1cc(N(c2nc(C(N)=O)c(-c3ccc[nH]3)s2)C2CC2)cn1. The van der Waals surface area contributed by atoms with E-state index < -0.39 is 5.91 Å². The van der Waals surface area contributed by atoms with E-state index in [1.54, 1.807) is 0 Å². The summed E-state index contributed by atoms with van der Waals surface area (Å²) < 4.78 is 1.94. The van der Waals surface area contributed by atoms with Gasteiger partial charge in [-0.05, 0) is 31.4 Å². The fourth-order valence-electron chi connectivity index (χ4n) is 2.87. The predicted octanol–water partition coefficient (Wildman–Crippen LogP) is 3.14. The van der Waals surface area contributed by atoms with Gasteiger partial charge in [-0.25, -0.2) is 4.98 Å². The average molecular weight is 356 g/mol. The van der Waals surface area contributed by atoms with Crippen LogP contribution in [0.2, 0.25) is 0 Å². The normalized spacial score (nSPS) is 14.0. The minimum atomic E-state index is -0.510. The molecule has 1 aliphatic rings. The number of nitrogens with one attached hydrogen (secondary N) is 1. The number of aromatic amines is 1. The highest BCUT2D eigenvalue weighted by molar-refractivity contribution is 7.19. The Morgan fingerprint density at radius 2 is 2.36 bits per heavy atom. The number of H-pyrrole nitrogens is 1. The fraction of sp³-hybridized carbons (Fsp3) is 0.353. The smallest absolute Gasteiger partial charge is 0.268 e. The van der Waals surface area contributed by atoms with Crippen molar-refractivity contribution in [2.75, 3.05) is 4.90 Å². The molecule has 1 aliphatic carbocycles. The van der Waals surface area contributed by atoms with Crippen molar-refractivity contribution in [3.8, 4) is 10.6 Å². The summed E-state index contributed by atoms with van der Waals surface area (Å²) in [7, 11) is 0. The van der Waals surface area contributed by atoms with Crippen molar-refractivity contribution in [1.29, 1.82) is 0 Å². The first-order valence-corrected chi connectivity index (χ1v) is 9.25. The molecule has 3 aromatic heterocycles. The number of hydrogen-bond acceptors (Lipinski definition) is 5. The molecule has 0 unspecified atom stereocenters. The maximum absolute atomic E-state index is 11.9. The number of carbonyl (C=O) groups excluding carboxylic acids is 1. The molecule has 3 heterocycles. The van der Waals surface area contributed by atoms with Crippen molar-refractivity contribution in [2.45, 2.75) is 38.8 Å². The van der Waals surface area contributed by atoms with E-state index >= 15 is 0 Å². The summed E-state index contributed by atoms with van der Waals surface area (Å²) in [6.45, 7) is 3.01. The molecule has 1 amide bonds. The Bertz CT molecular complexity index is 877. The van der Waals surface area contributed by atoms with Gasteiger partial charge < -0.3 is 15.6 Å². The first-order valence-electron chi connectivity index (χ1n) is 8.43. The lowest BCUT2D eigenvalue weighted by atomic mass is 10.3. The Hall–Kier alpha value is -2.61. The number of thiazole rings is 1. The third-order valence-corrected chi connectivity index (χ3v) is 5.25. The Labute approximate surface area is 149 Å². The second-order valence-electron chi connectivity index (χ2n) is 6.19. The third kappa shape index (κ3) is 3.05. The van der Waals surface area contributed by atoms with Crippen LogP contribution in [-0.4, -0.2) is 31.7 Å². The number of aryl methyl sites for hydroxylation is 1. The van der Waals surface area contributed by atoms with Gasteiger partial charge in [0.1, 0.15) is 0 Å². The molecule has 0 bridgehead atoms. The van der Waals surface area contributed by atoms with Crippen molar-refractivity contribution in [3.63, 3.8) is 0 Å². The minimum Gasteiger partial charge on any atom is -0.364 e. The highest BCUT2D eigenvalue weighted by atomic mass is 32.1. The van der Waals surface area contributed by atoms with E-state index in [1.165, 1.54) is 11.3 Å². The molecule has 8 heteroatoms. The van der Waals surface area contributed by atoms with Crippen molar-refractivity contribution in [2.24, 2.45) is 5.73 Å². The van der Waals surface area contributed by atoms with Crippen LogP contribution in [0.4, 0.5) is 10.8 Å². The van der Waals surface area contributed by atoms with Gasteiger partial charge in [0.15, 0.2) is 10.8 Å². The monoisotopic (exact) mass is 356 g/mol. The number of primary amides is 1. The van der Waals surface area contributed by atoms with Crippen LogP contribution in [0.15, 0.2) is 30.7 Å². The molecule has 0 aliphatic heterocycles. The van der Waals surface area contributed by atoms with Gasteiger partial charge in [-0.1, -0.05) is 18.3 Å². The van der Waals surface area contributed by atoms with E-state index in [9.17, 15) is 4.79 Å². The molecule has 1 fully saturated rings. The van der Waals surface area contributed by atoms with Gasteiger partial charge >= 0.3 is 0 Å². The molecule has 130 valence electrons. The number of aromatic nitrogens is 4. The number of rotatable bonds is 7. The van der Waals surface area contributed by atoms with Crippen LogP contribution in [-0.2, 0) is 6.54 Å². The number of hydrogen-bond donors (Lipinski definition) is 2. The Balaban J connectivity index is 1.75. The van der Waals surface area contributed by atoms with Gasteiger partial charge in [0, 0.05) is 25.0 Å². The van der Waals surface area contributed by atoms with E-state index in [0.29, 0.717) is 11.7 Å². The molecule has 0 spiro atoms. The number of nitrogens with zero attached hydrogens (tertiary/aromatic N) is 4. The standard InChI is InChI=1S/C17H20N6OS/c1-2-8-22-10-12(9-20-22)23(11-5-6-11)17-21-14(16(18)24)15(25-17)13-4-3-7-19-13/h3-4,7,9-11,19H,2,5-6,8H2,1H3,(H2,18,24). The molecule has 0 atom stereocenters. The number of amides is 1. The van der Waals surface area contributed by atoms with Gasteiger partial charge in [-0.3, -0.25) is 9.48 Å². The van der Waals surface area contributed by atoms with E-state index in [0.717, 1.165) is 47.2 Å². The molecule has 0 saturated heterocycles. The molecule has 4 rings (SSSR count). The first-order chi connectivity index (χ1) is 12.2. The molecule has 25 heavy (non-hydrogen) atoms. The Kier molecular flexibility index (Phi) is 4.04. The number of carbonyl (C=O) groups is 1. The largest absolute Gasteiger partial charge is 0.364 e. The molecule has 0 aromatic carbocycles. The summed E-state index contributed by atoms with van der Waals surface area (Å²) in [6.07, 6.45) is 9.00. The van der Waals surface area contributed by atoms with E-state index in [1.807, 2.05) is 35.4 Å². The zero-order chi connectivity index (χ0) is 17.4. The highest BCUT2D eigenvalue weighted by Gasteiger charge is 2.34. The lowest BCUT2D eigenvalue weighted by Crippen LogP contribution is -2.19. The van der Waals surface area contributed by atoms with Gasteiger partial charge in [0.2, 0.25) is 0 Å². The van der Waals surface area contributed by atoms with Gasteiger partial charge in [0.25, 0.3) is 5.91 Å². The van der Waals surface area contributed by atoms with Gasteiger partial charge in [-0.15, -0.1) is 0 Å². The van der Waals surface area contributed by atoms with Crippen LogP contribution in [0.5, 0.6) is 0 Å². The molecule has 1 saturated carbocycles. The van der Waals surface area contributed by atoms with Crippen molar-refractivity contribution in [1.82, 2.24) is 19.7 Å². The molecule has 0 radical (unpaired) electrons. The number of anilines is 2. The summed E-state index contributed by atoms with van der Waals surface area (Å²) in [5.74, 6) is -0.510. The maximum atomic E-state index is 11.9. The summed E-state index contributed by atoms with van der Waals surface area (Å²) in [4.78, 5) is 22.5. The second-order valence-corrected chi connectivity index (χ2v) is 7.16. The van der Waals surface area contributed by atoms with Crippen LogP contribution in [0, 0.1) is 0 Å². The molecule has 3 aromatic rings. The molecule has 3 N–H and O–H groups in total. The van der Waals surface area contributed by atoms with Crippen LogP contribution in [0.3, 0.4) is 0 Å². The van der Waals surface area contributed by atoms with E-state index in [4.69, 9.17) is 5.73 Å². The van der Waals surface area contributed by atoms with Crippen LogP contribution in [0.25, 0.3) is 10.6 Å². The molecular weight excluding hydrogens is 336 g/mol. The molecular formula is C17H20N6OS. The summed E-state index contributed by atoms with van der Waals surface area (Å²) in [5.41, 5.74) is 7.75. The minimum absolute atomic E-state index is 0.314. The Morgan fingerprint density at radius 1 is 1.52 bits per heavy atom. The van der Waals surface area contributed by atoms with E-state index in [2.05, 4.69) is 26.9 Å². The van der Waals surface area contributed by atoms with Crippen LogP contribution in [0.1, 0.15) is 36.7 Å².